The van der Waals surface area contributed by atoms with Crippen molar-refractivity contribution in [3.05, 3.63) is 52.4 Å². The fourth-order valence-electron chi connectivity index (χ4n) is 1.76. The normalized spacial score (nSPS) is 11.0. The Morgan fingerprint density at radius 1 is 1.25 bits per heavy atom. The highest BCUT2D eigenvalue weighted by molar-refractivity contribution is 6.30. The Morgan fingerprint density at radius 3 is 2.70 bits per heavy atom. The second kappa shape index (κ2) is 6.53. The molecule has 2 aromatic rings. The first-order valence-corrected chi connectivity index (χ1v) is 6.96. The van der Waals surface area contributed by atoms with Crippen LogP contribution >= 0.6 is 11.6 Å². The third-order valence-corrected chi connectivity index (χ3v) is 3.24. The molecule has 0 radical (unpaired) electrons. The van der Waals surface area contributed by atoms with E-state index in [1.54, 1.807) is 0 Å². The van der Waals surface area contributed by atoms with Crippen molar-refractivity contribution < 1.29 is 4.74 Å². The van der Waals surface area contributed by atoms with Gasteiger partial charge in [0.2, 0.25) is 5.88 Å². The van der Waals surface area contributed by atoms with Gasteiger partial charge >= 0.3 is 0 Å². The van der Waals surface area contributed by atoms with Crippen LogP contribution in [0.4, 0.5) is 0 Å². The number of aromatic nitrogens is 2. The molecule has 3 nitrogen and oxygen atoms in total. The number of halogens is 1. The topological polar surface area (TPSA) is 35.0 Å². The second-order valence-corrected chi connectivity index (χ2v) is 4.71. The van der Waals surface area contributed by atoms with Crippen molar-refractivity contribution in [3.63, 3.8) is 0 Å². The first-order valence-electron chi connectivity index (χ1n) is 6.58. The Labute approximate surface area is 124 Å². The lowest BCUT2D eigenvalue weighted by Crippen LogP contribution is -2.00. The fraction of sp³-hybridized carbons (Fsp3) is 0.250. The van der Waals surface area contributed by atoms with Crippen molar-refractivity contribution >= 4 is 17.7 Å². The average Bonchev–Trinajstić information content (AvgIpc) is 2.46. The van der Waals surface area contributed by atoms with E-state index in [2.05, 4.69) is 9.97 Å². The van der Waals surface area contributed by atoms with E-state index in [0.717, 1.165) is 16.9 Å². The van der Waals surface area contributed by atoms with Gasteiger partial charge in [-0.15, -0.1) is 0 Å². The van der Waals surface area contributed by atoms with Gasteiger partial charge in [-0.25, -0.2) is 4.98 Å². The minimum absolute atomic E-state index is 0.440. The third kappa shape index (κ3) is 3.17. The smallest absolute Gasteiger partial charge is 0.227 e. The van der Waals surface area contributed by atoms with Crippen LogP contribution in [0.2, 0.25) is 5.15 Å². The Bertz CT molecular complexity index is 638. The summed E-state index contributed by atoms with van der Waals surface area (Å²) in [7, 11) is 0. The summed E-state index contributed by atoms with van der Waals surface area (Å²) in [5, 5.41) is 0.440. The molecule has 0 saturated carbocycles. The van der Waals surface area contributed by atoms with Crippen LogP contribution in [0, 0.1) is 6.92 Å². The number of nitrogens with zero attached hydrogens (tertiary/aromatic N) is 2. The van der Waals surface area contributed by atoms with Crippen molar-refractivity contribution in [2.24, 2.45) is 0 Å². The number of benzene rings is 1. The molecule has 1 heterocycles. The van der Waals surface area contributed by atoms with Gasteiger partial charge in [0, 0.05) is 17.5 Å². The number of ether oxygens (including phenoxy) is 1. The van der Waals surface area contributed by atoms with Gasteiger partial charge in [-0.3, -0.25) is 0 Å². The lowest BCUT2D eigenvalue weighted by Gasteiger charge is -2.11. The highest BCUT2D eigenvalue weighted by Crippen LogP contribution is 2.29. The maximum Gasteiger partial charge on any atom is 0.227 e. The van der Waals surface area contributed by atoms with E-state index in [1.165, 1.54) is 0 Å². The molecule has 0 aliphatic rings. The minimum atomic E-state index is 0.440. The van der Waals surface area contributed by atoms with E-state index in [4.69, 9.17) is 16.3 Å². The van der Waals surface area contributed by atoms with Crippen molar-refractivity contribution in [3.8, 4) is 11.6 Å². The van der Waals surface area contributed by atoms with Gasteiger partial charge in [-0.1, -0.05) is 48.9 Å². The van der Waals surface area contributed by atoms with E-state index >= 15 is 0 Å². The monoisotopic (exact) mass is 288 g/mol. The number of hydrogen-bond acceptors (Lipinski definition) is 3. The molecule has 0 amide bonds. The lowest BCUT2D eigenvalue weighted by molar-refractivity contribution is 0.453. The van der Waals surface area contributed by atoms with Crippen LogP contribution in [0.15, 0.2) is 30.3 Å². The number of hydrogen-bond donors (Lipinski definition) is 0. The number of rotatable bonds is 4. The van der Waals surface area contributed by atoms with E-state index in [1.807, 2.05) is 57.2 Å². The zero-order valence-corrected chi connectivity index (χ0v) is 12.6. The Balaban J connectivity index is 2.42. The van der Waals surface area contributed by atoms with Crippen LogP contribution in [-0.2, 0) is 6.42 Å². The van der Waals surface area contributed by atoms with Crippen LogP contribution in [0.3, 0.4) is 0 Å². The first kappa shape index (κ1) is 14.5. The largest absolute Gasteiger partial charge is 0.438 e. The van der Waals surface area contributed by atoms with Crippen molar-refractivity contribution in [1.82, 2.24) is 9.97 Å². The van der Waals surface area contributed by atoms with Crippen LogP contribution in [-0.4, -0.2) is 9.97 Å². The fourth-order valence-corrected chi connectivity index (χ4v) is 1.94. The summed E-state index contributed by atoms with van der Waals surface area (Å²) >= 11 is 6.12. The molecule has 0 aliphatic carbocycles. The summed E-state index contributed by atoms with van der Waals surface area (Å²) in [6.45, 7) is 5.81. The molecule has 4 heteroatoms. The molecule has 0 unspecified atom stereocenters. The molecule has 1 aromatic carbocycles. The van der Waals surface area contributed by atoms with Crippen LogP contribution in [0.1, 0.15) is 30.8 Å². The molecule has 104 valence electrons. The van der Waals surface area contributed by atoms with Gasteiger partial charge in [-0.2, -0.15) is 4.98 Å². The standard InChI is InChI=1S/C16H17ClN2O/c1-4-8-12-9-6-7-10-13(12)20-16-11(3)15(17)18-14(5-2)19-16/h4,6-10H,5H2,1-3H3/b8-4+. The van der Waals surface area contributed by atoms with Crippen LogP contribution in [0.25, 0.3) is 6.08 Å². The molecule has 20 heavy (non-hydrogen) atoms. The molecule has 0 saturated heterocycles. The van der Waals surface area contributed by atoms with E-state index in [-0.39, 0.29) is 0 Å². The van der Waals surface area contributed by atoms with Gasteiger partial charge in [0.25, 0.3) is 0 Å². The molecule has 0 aliphatic heterocycles. The Morgan fingerprint density at radius 2 is 2.00 bits per heavy atom. The van der Waals surface area contributed by atoms with E-state index in [9.17, 15) is 0 Å². The molecule has 0 spiro atoms. The molecular weight excluding hydrogens is 272 g/mol. The predicted octanol–water partition coefficient (Wildman–Crippen LogP) is 4.83. The molecule has 0 N–H and O–H groups in total. The molecule has 2 rings (SSSR count). The summed E-state index contributed by atoms with van der Waals surface area (Å²) in [5.74, 6) is 1.95. The molecule has 1 aromatic heterocycles. The molecular formula is C16H17ClN2O. The summed E-state index contributed by atoms with van der Waals surface area (Å²) in [6.07, 6.45) is 4.68. The SMILES string of the molecule is C/C=C/c1ccccc1Oc1nc(CC)nc(Cl)c1C. The zero-order chi connectivity index (χ0) is 14.5. The molecule has 0 fully saturated rings. The van der Waals surface area contributed by atoms with Crippen molar-refractivity contribution in [1.29, 1.82) is 0 Å². The highest BCUT2D eigenvalue weighted by Gasteiger charge is 2.11. The predicted molar refractivity (Wildman–Crippen MR) is 82.4 cm³/mol. The lowest BCUT2D eigenvalue weighted by atomic mass is 10.2. The maximum absolute atomic E-state index is 6.12. The summed E-state index contributed by atoms with van der Waals surface area (Å²) in [5.41, 5.74) is 1.75. The minimum Gasteiger partial charge on any atom is -0.438 e. The van der Waals surface area contributed by atoms with Crippen LogP contribution < -0.4 is 4.74 Å². The average molecular weight is 289 g/mol. The second-order valence-electron chi connectivity index (χ2n) is 4.35. The summed E-state index contributed by atoms with van der Waals surface area (Å²) < 4.78 is 5.93. The van der Waals surface area contributed by atoms with Gasteiger partial charge in [-0.05, 0) is 19.9 Å². The van der Waals surface area contributed by atoms with E-state index in [0.29, 0.717) is 23.3 Å². The number of aryl methyl sites for hydroxylation is 1. The third-order valence-electron chi connectivity index (χ3n) is 2.88. The number of allylic oxidation sites excluding steroid dienone is 1. The Kier molecular flexibility index (Phi) is 4.74. The van der Waals surface area contributed by atoms with Gasteiger partial charge in [0.05, 0.1) is 0 Å². The maximum atomic E-state index is 6.12. The summed E-state index contributed by atoms with van der Waals surface area (Å²) in [4.78, 5) is 8.62. The van der Waals surface area contributed by atoms with Crippen LogP contribution in [0.5, 0.6) is 11.6 Å². The van der Waals surface area contributed by atoms with Crippen molar-refractivity contribution in [2.45, 2.75) is 27.2 Å². The molecule has 0 atom stereocenters. The first-order chi connectivity index (χ1) is 9.65. The van der Waals surface area contributed by atoms with Gasteiger partial charge < -0.3 is 4.74 Å². The summed E-state index contributed by atoms with van der Waals surface area (Å²) in [6, 6.07) is 7.81. The number of para-hydroxylation sites is 1. The van der Waals surface area contributed by atoms with E-state index < -0.39 is 0 Å². The van der Waals surface area contributed by atoms with Gasteiger partial charge in [0.1, 0.15) is 16.7 Å². The quantitative estimate of drug-likeness (QED) is 0.756. The van der Waals surface area contributed by atoms with Crippen molar-refractivity contribution in [2.75, 3.05) is 0 Å². The zero-order valence-electron chi connectivity index (χ0n) is 11.9. The molecule has 0 bridgehead atoms. The Hall–Kier alpha value is -1.87. The highest BCUT2D eigenvalue weighted by atomic mass is 35.5. The van der Waals surface area contributed by atoms with Gasteiger partial charge in [0.15, 0.2) is 0 Å².